The van der Waals surface area contributed by atoms with E-state index >= 15 is 0 Å². The number of carboxylic acid groups (broad SMARTS) is 1. The van der Waals surface area contributed by atoms with Gasteiger partial charge in [0.05, 0.1) is 19.2 Å². The number of hydrogen-bond acceptors (Lipinski definition) is 5. The van der Waals surface area contributed by atoms with Crippen molar-refractivity contribution in [2.75, 3.05) is 14.2 Å². The molecule has 0 aromatic heterocycles. The molecule has 1 aromatic carbocycles. The Bertz CT molecular complexity index is 523. The van der Waals surface area contributed by atoms with Gasteiger partial charge in [0.25, 0.3) is 0 Å². The van der Waals surface area contributed by atoms with Gasteiger partial charge < -0.3 is 19.3 Å². The predicted octanol–water partition coefficient (Wildman–Crippen LogP) is 2.08. The molecule has 0 bridgehead atoms. The Kier molecular flexibility index (Phi) is 5.20. The Morgan fingerprint density at radius 3 is 2.53 bits per heavy atom. The van der Waals surface area contributed by atoms with Crippen LogP contribution < -0.4 is 4.74 Å². The molecule has 1 N–H and O–H groups in total. The average molecular weight is 287 g/mol. The lowest BCUT2D eigenvalue weighted by atomic mass is 10.2. The minimum absolute atomic E-state index is 0.00775. The van der Waals surface area contributed by atoms with Crippen LogP contribution in [0.4, 0.5) is 0 Å². The quantitative estimate of drug-likeness (QED) is 0.507. The Morgan fingerprint density at radius 1 is 1.32 bits per heavy atom. The van der Waals surface area contributed by atoms with Crippen LogP contribution in [-0.2, 0) is 14.3 Å². The second kappa shape index (κ2) is 6.65. The van der Waals surface area contributed by atoms with Gasteiger partial charge in [0, 0.05) is 0 Å². The van der Waals surface area contributed by atoms with E-state index in [2.05, 4.69) is 9.47 Å². The van der Waals surface area contributed by atoms with Crippen LogP contribution in [0.2, 0.25) is 5.02 Å². The van der Waals surface area contributed by atoms with Gasteiger partial charge in [-0.05, 0) is 12.1 Å². The van der Waals surface area contributed by atoms with Crippen LogP contribution in [0.3, 0.4) is 0 Å². The van der Waals surface area contributed by atoms with Crippen LogP contribution in [0.1, 0.15) is 10.4 Å². The van der Waals surface area contributed by atoms with Gasteiger partial charge in [-0.3, -0.25) is 0 Å². The van der Waals surface area contributed by atoms with Gasteiger partial charge in [-0.2, -0.15) is 0 Å². The average Bonchev–Trinajstić information content (AvgIpc) is 2.37. The molecule has 0 aliphatic rings. The summed E-state index contributed by atoms with van der Waals surface area (Å²) in [6.07, 6.45) is 0.998. The molecule has 0 spiro atoms. The summed E-state index contributed by atoms with van der Waals surface area (Å²) in [6.45, 7) is 0. The van der Waals surface area contributed by atoms with Gasteiger partial charge in [0.1, 0.15) is 17.6 Å². The predicted molar refractivity (Wildman–Crippen MR) is 66.1 cm³/mol. The standard InChI is InChI=1S/C12H11ClO6/c1-17-6-9(12(16)18-2)19-8-5-3-4-7(13)10(8)11(14)15/h3-6H,1-2H3,(H,14,15)/b9-6+. The second-order valence-electron chi connectivity index (χ2n) is 3.23. The minimum Gasteiger partial charge on any atom is -0.500 e. The van der Waals surface area contributed by atoms with Crippen molar-refractivity contribution in [3.63, 3.8) is 0 Å². The number of carbonyl (C=O) groups excluding carboxylic acids is 1. The highest BCUT2D eigenvalue weighted by atomic mass is 35.5. The number of carboxylic acids is 1. The monoisotopic (exact) mass is 286 g/mol. The number of ether oxygens (including phenoxy) is 3. The highest BCUT2D eigenvalue weighted by Gasteiger charge is 2.20. The molecule has 0 atom stereocenters. The van der Waals surface area contributed by atoms with E-state index in [-0.39, 0.29) is 22.1 Å². The van der Waals surface area contributed by atoms with Crippen LogP contribution in [-0.4, -0.2) is 31.3 Å². The molecule has 0 unspecified atom stereocenters. The molecule has 0 aliphatic heterocycles. The summed E-state index contributed by atoms with van der Waals surface area (Å²) in [5.41, 5.74) is -0.255. The van der Waals surface area contributed by atoms with E-state index in [1.54, 1.807) is 0 Å². The SMILES string of the molecule is CO/C=C(/Oc1cccc(Cl)c1C(=O)O)C(=O)OC. The summed E-state index contributed by atoms with van der Waals surface area (Å²) in [7, 11) is 2.47. The first-order valence-electron chi connectivity index (χ1n) is 5.02. The van der Waals surface area contributed by atoms with Crippen LogP contribution in [0.5, 0.6) is 5.75 Å². The van der Waals surface area contributed by atoms with Crippen LogP contribution in [0.15, 0.2) is 30.2 Å². The number of aromatic carboxylic acids is 1. The second-order valence-corrected chi connectivity index (χ2v) is 3.64. The maximum absolute atomic E-state index is 11.4. The summed E-state index contributed by atoms with van der Waals surface area (Å²) < 4.78 is 14.3. The molecule has 1 rings (SSSR count). The zero-order valence-corrected chi connectivity index (χ0v) is 10.9. The van der Waals surface area contributed by atoms with Crippen molar-refractivity contribution < 1.29 is 28.9 Å². The van der Waals surface area contributed by atoms with Crippen molar-refractivity contribution in [3.8, 4) is 5.75 Å². The largest absolute Gasteiger partial charge is 0.500 e. The maximum Gasteiger partial charge on any atom is 0.377 e. The first-order valence-corrected chi connectivity index (χ1v) is 5.40. The van der Waals surface area contributed by atoms with E-state index in [4.69, 9.17) is 21.4 Å². The summed E-state index contributed by atoms with van der Waals surface area (Å²) in [5, 5.41) is 9.05. The zero-order valence-electron chi connectivity index (χ0n) is 10.2. The van der Waals surface area contributed by atoms with E-state index in [1.807, 2.05) is 0 Å². The van der Waals surface area contributed by atoms with E-state index in [1.165, 1.54) is 25.3 Å². The summed E-state index contributed by atoms with van der Waals surface area (Å²) in [4.78, 5) is 22.5. The fourth-order valence-corrected chi connectivity index (χ4v) is 1.48. The van der Waals surface area contributed by atoms with Gasteiger partial charge in [0.15, 0.2) is 0 Å². The normalized spacial score (nSPS) is 10.8. The number of carbonyl (C=O) groups is 2. The molecule has 102 valence electrons. The Morgan fingerprint density at radius 2 is 2.00 bits per heavy atom. The van der Waals surface area contributed by atoms with Crippen LogP contribution in [0.25, 0.3) is 0 Å². The smallest absolute Gasteiger partial charge is 0.377 e. The highest BCUT2D eigenvalue weighted by molar-refractivity contribution is 6.33. The van der Waals surface area contributed by atoms with Crippen molar-refractivity contribution in [2.45, 2.75) is 0 Å². The van der Waals surface area contributed by atoms with Gasteiger partial charge in [0.2, 0.25) is 5.76 Å². The Balaban J connectivity index is 3.17. The molecule has 19 heavy (non-hydrogen) atoms. The highest BCUT2D eigenvalue weighted by Crippen LogP contribution is 2.28. The minimum atomic E-state index is -1.28. The van der Waals surface area contributed by atoms with Crippen molar-refractivity contribution in [1.82, 2.24) is 0 Å². The lowest BCUT2D eigenvalue weighted by Crippen LogP contribution is -2.13. The van der Waals surface area contributed by atoms with E-state index in [0.29, 0.717) is 0 Å². The third kappa shape index (κ3) is 3.62. The van der Waals surface area contributed by atoms with E-state index in [9.17, 15) is 9.59 Å². The number of rotatable bonds is 5. The molecule has 7 heteroatoms. The number of esters is 1. The molecular formula is C12H11ClO6. The zero-order chi connectivity index (χ0) is 14.4. The molecule has 0 fully saturated rings. The molecule has 0 heterocycles. The van der Waals surface area contributed by atoms with Crippen molar-refractivity contribution in [2.24, 2.45) is 0 Å². The Labute approximate surface area is 114 Å². The van der Waals surface area contributed by atoms with Gasteiger partial charge in [-0.1, -0.05) is 17.7 Å². The number of methoxy groups -OCH3 is 2. The summed E-state index contributed by atoms with van der Waals surface area (Å²) >= 11 is 5.77. The van der Waals surface area contributed by atoms with Gasteiger partial charge >= 0.3 is 11.9 Å². The molecule has 0 saturated carbocycles. The lowest BCUT2D eigenvalue weighted by molar-refractivity contribution is -0.138. The molecule has 0 saturated heterocycles. The summed E-state index contributed by atoms with van der Waals surface area (Å²) in [5.74, 6) is -2.47. The molecular weight excluding hydrogens is 276 g/mol. The molecule has 0 radical (unpaired) electrons. The van der Waals surface area contributed by atoms with Crippen LogP contribution in [0, 0.1) is 0 Å². The fourth-order valence-electron chi connectivity index (χ4n) is 1.24. The Hall–Kier alpha value is -2.21. The number of hydrogen-bond donors (Lipinski definition) is 1. The van der Waals surface area contributed by atoms with Crippen molar-refractivity contribution in [1.29, 1.82) is 0 Å². The molecule has 0 aliphatic carbocycles. The first kappa shape index (κ1) is 14.8. The number of benzene rings is 1. The van der Waals surface area contributed by atoms with Gasteiger partial charge in [-0.15, -0.1) is 0 Å². The lowest BCUT2D eigenvalue weighted by Gasteiger charge is -2.11. The molecule has 0 amide bonds. The van der Waals surface area contributed by atoms with E-state index in [0.717, 1.165) is 13.4 Å². The number of halogens is 1. The first-order chi connectivity index (χ1) is 9.01. The van der Waals surface area contributed by atoms with Crippen molar-refractivity contribution in [3.05, 3.63) is 40.8 Å². The fraction of sp³-hybridized carbons (Fsp3) is 0.167. The third-order valence-corrected chi connectivity index (χ3v) is 2.34. The van der Waals surface area contributed by atoms with Crippen LogP contribution >= 0.6 is 11.6 Å². The maximum atomic E-state index is 11.4. The summed E-state index contributed by atoms with van der Waals surface area (Å²) in [6, 6.07) is 4.25. The topological polar surface area (TPSA) is 82.1 Å². The van der Waals surface area contributed by atoms with E-state index < -0.39 is 11.9 Å². The third-order valence-electron chi connectivity index (χ3n) is 2.02. The molecule has 6 nitrogen and oxygen atoms in total. The van der Waals surface area contributed by atoms with Gasteiger partial charge in [-0.25, -0.2) is 9.59 Å². The van der Waals surface area contributed by atoms with Crippen molar-refractivity contribution >= 4 is 23.5 Å². The molecule has 1 aromatic rings.